The molecule has 1 N–H and O–H groups in total. The first-order chi connectivity index (χ1) is 16.9. The Kier molecular flexibility index (Phi) is 9.89. The number of nitrogens with one attached hydrogen (secondary N) is 1. The third kappa shape index (κ3) is 6.93. The Labute approximate surface area is 212 Å². The number of unbranched alkanes of at least 4 members (excludes halogenated alkanes) is 4. The van der Waals surface area contributed by atoms with E-state index in [4.69, 9.17) is 11.6 Å². The fraction of sp³-hybridized carbons (Fsp3) is 0.385. The van der Waals surface area contributed by atoms with Gasteiger partial charge in [-0.15, -0.1) is 0 Å². The van der Waals surface area contributed by atoms with Gasteiger partial charge in [0.1, 0.15) is 12.1 Å². The topological polar surface area (TPSA) is 84.3 Å². The molecule has 3 aromatic rings. The maximum atomic E-state index is 13.5. The molecule has 0 amide bonds. The highest BCUT2D eigenvalue weighted by molar-refractivity contribution is 7.89. The lowest BCUT2D eigenvalue weighted by Crippen LogP contribution is -2.36. The lowest BCUT2D eigenvalue weighted by atomic mass is 10.1. The Morgan fingerprint density at radius 1 is 1.00 bits per heavy atom. The molecule has 7 nitrogen and oxygen atoms in total. The largest absolute Gasteiger partial charge is 0.356 e. The van der Waals surface area contributed by atoms with Gasteiger partial charge in [-0.1, -0.05) is 75.4 Å². The van der Waals surface area contributed by atoms with Crippen LogP contribution in [0, 0.1) is 0 Å². The highest BCUT2D eigenvalue weighted by Crippen LogP contribution is 2.19. The summed E-state index contributed by atoms with van der Waals surface area (Å²) in [5.41, 5.74) is 0.988. The van der Waals surface area contributed by atoms with E-state index in [-0.39, 0.29) is 23.7 Å². The minimum atomic E-state index is -3.68. The van der Waals surface area contributed by atoms with Gasteiger partial charge >= 0.3 is 0 Å². The van der Waals surface area contributed by atoms with Gasteiger partial charge in [0, 0.05) is 11.6 Å². The zero-order chi connectivity index (χ0) is 25.3. The van der Waals surface area contributed by atoms with Gasteiger partial charge in [0.2, 0.25) is 10.0 Å². The minimum absolute atomic E-state index is 0.00415. The van der Waals surface area contributed by atoms with Crippen LogP contribution in [0.25, 0.3) is 5.69 Å². The van der Waals surface area contributed by atoms with Crippen molar-refractivity contribution in [2.24, 2.45) is 0 Å². The fourth-order valence-electron chi connectivity index (χ4n) is 3.86. The summed E-state index contributed by atoms with van der Waals surface area (Å²) < 4.78 is 28.9. The standard InChI is InChI=1S/C26H33ClN4O3S/c1-3-5-6-7-11-17-24-25(29-20-31(26(24)32)22-14-12-13-21(27)18-22)28-19-30(4-2)35(33,34)23-15-9-8-10-16-23/h8-10,12-16,18,20,28H,3-7,11,17,19H2,1-2H3. The number of hydrogen-bond donors (Lipinski definition) is 1. The van der Waals surface area contributed by atoms with Crippen LogP contribution >= 0.6 is 11.6 Å². The van der Waals surface area contributed by atoms with Gasteiger partial charge < -0.3 is 5.32 Å². The third-order valence-corrected chi connectivity index (χ3v) is 8.01. The van der Waals surface area contributed by atoms with Crippen molar-refractivity contribution in [2.45, 2.75) is 57.3 Å². The number of rotatable bonds is 13. The quantitative estimate of drug-likeness (QED) is 0.240. The number of anilines is 1. The smallest absolute Gasteiger partial charge is 0.263 e. The highest BCUT2D eigenvalue weighted by Gasteiger charge is 2.23. The van der Waals surface area contributed by atoms with Crippen molar-refractivity contribution in [3.8, 4) is 5.69 Å². The number of benzene rings is 2. The molecule has 1 heterocycles. The summed E-state index contributed by atoms with van der Waals surface area (Å²) in [4.78, 5) is 18.2. The number of nitrogens with zero attached hydrogens (tertiary/aromatic N) is 3. The molecule has 0 radical (unpaired) electrons. The van der Waals surface area contributed by atoms with E-state index >= 15 is 0 Å². The molecular weight excluding hydrogens is 484 g/mol. The zero-order valence-corrected chi connectivity index (χ0v) is 21.9. The third-order valence-electron chi connectivity index (χ3n) is 5.84. The fourth-order valence-corrected chi connectivity index (χ4v) is 5.41. The Morgan fingerprint density at radius 2 is 1.74 bits per heavy atom. The second-order valence-electron chi connectivity index (χ2n) is 8.31. The maximum Gasteiger partial charge on any atom is 0.263 e. The first-order valence-electron chi connectivity index (χ1n) is 12.0. The van der Waals surface area contributed by atoms with Crippen molar-refractivity contribution in [3.63, 3.8) is 0 Å². The Hall–Kier alpha value is -2.68. The van der Waals surface area contributed by atoms with Crippen LogP contribution in [0.4, 0.5) is 5.82 Å². The summed E-state index contributed by atoms with van der Waals surface area (Å²) in [6.07, 6.45) is 7.29. The van der Waals surface area contributed by atoms with E-state index in [9.17, 15) is 13.2 Å². The van der Waals surface area contributed by atoms with E-state index in [1.54, 1.807) is 61.5 Å². The molecule has 0 saturated heterocycles. The van der Waals surface area contributed by atoms with Crippen molar-refractivity contribution in [2.75, 3.05) is 18.5 Å². The Morgan fingerprint density at radius 3 is 2.43 bits per heavy atom. The monoisotopic (exact) mass is 516 g/mol. The highest BCUT2D eigenvalue weighted by atomic mass is 35.5. The van der Waals surface area contributed by atoms with Gasteiger partial charge in [0.05, 0.1) is 22.8 Å². The van der Waals surface area contributed by atoms with E-state index in [2.05, 4.69) is 17.2 Å². The van der Waals surface area contributed by atoms with Crippen LogP contribution in [0.5, 0.6) is 0 Å². The summed E-state index contributed by atoms with van der Waals surface area (Å²) in [5, 5.41) is 3.65. The van der Waals surface area contributed by atoms with Crippen LogP contribution < -0.4 is 10.9 Å². The summed E-state index contributed by atoms with van der Waals surface area (Å²) in [5.74, 6) is 0.408. The van der Waals surface area contributed by atoms with Gasteiger partial charge in [0.25, 0.3) is 5.56 Å². The molecule has 3 rings (SSSR count). The van der Waals surface area contributed by atoms with Gasteiger partial charge in [-0.05, 0) is 43.2 Å². The molecule has 0 unspecified atom stereocenters. The molecule has 0 fully saturated rings. The molecule has 1 aromatic heterocycles. The van der Waals surface area contributed by atoms with E-state index in [0.717, 1.165) is 32.1 Å². The second kappa shape index (κ2) is 12.9. The lowest BCUT2D eigenvalue weighted by Gasteiger charge is -2.22. The summed E-state index contributed by atoms with van der Waals surface area (Å²) in [6.45, 7) is 4.22. The van der Waals surface area contributed by atoms with Gasteiger partial charge in [-0.25, -0.2) is 13.4 Å². The molecule has 0 bridgehead atoms. The molecule has 0 atom stereocenters. The molecule has 0 spiro atoms. The van der Waals surface area contributed by atoms with Crippen molar-refractivity contribution in [1.29, 1.82) is 0 Å². The minimum Gasteiger partial charge on any atom is -0.356 e. The predicted octanol–water partition coefficient (Wildman–Crippen LogP) is 5.48. The van der Waals surface area contributed by atoms with Crippen LogP contribution in [0.15, 0.2) is 70.6 Å². The van der Waals surface area contributed by atoms with Crippen LogP contribution in [-0.2, 0) is 16.4 Å². The molecular formula is C26H33ClN4O3S. The average molecular weight is 517 g/mol. The normalized spacial score (nSPS) is 11.7. The molecule has 0 saturated carbocycles. The van der Waals surface area contributed by atoms with Gasteiger partial charge in [0.15, 0.2) is 0 Å². The summed E-state index contributed by atoms with van der Waals surface area (Å²) >= 11 is 6.13. The van der Waals surface area contributed by atoms with Gasteiger partial charge in [-0.3, -0.25) is 9.36 Å². The molecule has 0 aliphatic rings. The molecule has 2 aromatic carbocycles. The van der Waals surface area contributed by atoms with Crippen LogP contribution in [0.2, 0.25) is 5.02 Å². The number of hydrogen-bond acceptors (Lipinski definition) is 5. The molecule has 9 heteroatoms. The van der Waals surface area contributed by atoms with Crippen molar-refractivity contribution in [1.82, 2.24) is 13.9 Å². The number of aromatic nitrogens is 2. The molecule has 0 aliphatic heterocycles. The number of sulfonamides is 1. The average Bonchev–Trinajstić information content (AvgIpc) is 2.86. The van der Waals surface area contributed by atoms with E-state index in [0.29, 0.717) is 28.5 Å². The van der Waals surface area contributed by atoms with Gasteiger partial charge in [-0.2, -0.15) is 4.31 Å². The Balaban J connectivity index is 1.88. The van der Waals surface area contributed by atoms with E-state index in [1.807, 2.05) is 0 Å². The van der Waals surface area contributed by atoms with Crippen LogP contribution in [-0.4, -0.2) is 35.5 Å². The Bertz CT molecular complexity index is 1260. The second-order valence-corrected chi connectivity index (χ2v) is 10.7. The predicted molar refractivity (Wildman–Crippen MR) is 142 cm³/mol. The molecule has 0 aliphatic carbocycles. The summed E-state index contributed by atoms with van der Waals surface area (Å²) in [6, 6.07) is 15.4. The SMILES string of the molecule is CCCCCCCc1c(NCN(CC)S(=O)(=O)c2ccccc2)ncn(-c2cccc(Cl)c2)c1=O. The molecule has 35 heavy (non-hydrogen) atoms. The molecule has 188 valence electrons. The van der Waals surface area contributed by atoms with Crippen molar-refractivity contribution in [3.05, 3.63) is 81.9 Å². The van der Waals surface area contributed by atoms with Crippen LogP contribution in [0.3, 0.4) is 0 Å². The first kappa shape index (κ1) is 26.9. The van der Waals surface area contributed by atoms with Crippen molar-refractivity contribution < 1.29 is 8.42 Å². The zero-order valence-electron chi connectivity index (χ0n) is 20.3. The van der Waals surface area contributed by atoms with Crippen LogP contribution in [0.1, 0.15) is 51.5 Å². The van der Waals surface area contributed by atoms with E-state index in [1.165, 1.54) is 15.2 Å². The maximum absolute atomic E-state index is 13.5. The summed E-state index contributed by atoms with van der Waals surface area (Å²) in [7, 11) is -3.68. The lowest BCUT2D eigenvalue weighted by molar-refractivity contribution is 0.448. The van der Waals surface area contributed by atoms with Crippen molar-refractivity contribution >= 4 is 27.4 Å². The van der Waals surface area contributed by atoms with E-state index < -0.39 is 10.0 Å². The first-order valence-corrected chi connectivity index (χ1v) is 13.9. The number of halogens is 1.